The van der Waals surface area contributed by atoms with E-state index in [0.717, 1.165) is 43.1 Å². The molecule has 1 saturated heterocycles. The lowest BCUT2D eigenvalue weighted by Gasteiger charge is -2.28. The second kappa shape index (κ2) is 11.8. The maximum atomic E-state index is 12.3. The van der Waals surface area contributed by atoms with Crippen LogP contribution in [0.15, 0.2) is 15.6 Å². The fourth-order valence-corrected chi connectivity index (χ4v) is 3.84. The van der Waals surface area contributed by atoms with Gasteiger partial charge in [0, 0.05) is 24.2 Å². The summed E-state index contributed by atoms with van der Waals surface area (Å²) in [6.07, 6.45) is 4.10. The highest BCUT2D eigenvalue weighted by atomic mass is 32.2. The van der Waals surface area contributed by atoms with E-state index in [0.29, 0.717) is 17.5 Å². The second-order valence-electron chi connectivity index (χ2n) is 6.25. The van der Waals surface area contributed by atoms with Gasteiger partial charge in [-0.2, -0.15) is 0 Å². The highest BCUT2D eigenvalue weighted by molar-refractivity contribution is 8.13. The number of ether oxygens (including phenoxy) is 1. The number of carbonyl (C=O) groups is 2. The number of nitrogens with zero attached hydrogens (tertiary/aromatic N) is 4. The number of hydrogen-bond acceptors (Lipinski definition) is 8. The number of thioether (sulfide) groups is 1. The van der Waals surface area contributed by atoms with Gasteiger partial charge in [-0.25, -0.2) is 4.98 Å². The van der Waals surface area contributed by atoms with Gasteiger partial charge in [-0.3, -0.25) is 14.9 Å². The lowest BCUT2D eigenvalue weighted by Crippen LogP contribution is -2.36. The van der Waals surface area contributed by atoms with Gasteiger partial charge in [0.1, 0.15) is 12.0 Å². The van der Waals surface area contributed by atoms with Gasteiger partial charge in [-0.15, -0.1) is 21.5 Å². The molecule has 154 valence electrons. The Morgan fingerprint density at radius 2 is 2.18 bits per heavy atom. The van der Waals surface area contributed by atoms with Gasteiger partial charge in [-0.05, 0) is 33.1 Å². The summed E-state index contributed by atoms with van der Waals surface area (Å²) in [7, 11) is 0. The summed E-state index contributed by atoms with van der Waals surface area (Å²) >= 11 is 2.88. The van der Waals surface area contributed by atoms with Crippen molar-refractivity contribution in [3.63, 3.8) is 0 Å². The van der Waals surface area contributed by atoms with E-state index in [2.05, 4.69) is 27.4 Å². The number of carbonyl (C=O) groups excluding carboxylic acids is 2. The number of thiazole rings is 1. The Labute approximate surface area is 173 Å². The standard InChI is InChI=1S/C18H27N5O3S2/c1-4-10-27-18(21-16(24)15-11-28-13(3)20-15)22-19-12-23-8-6-14(7-9-23)17(25)26-5-2/h11-12,14H,4-10H2,1-3H3,(H,21,22,24)/b19-12+. The zero-order valence-corrected chi connectivity index (χ0v) is 18.1. The van der Waals surface area contributed by atoms with Crippen LogP contribution in [0, 0.1) is 12.8 Å². The molecule has 0 bridgehead atoms. The Morgan fingerprint density at radius 1 is 1.43 bits per heavy atom. The maximum Gasteiger partial charge on any atom is 0.309 e. The Bertz CT molecular complexity index is 712. The largest absolute Gasteiger partial charge is 0.466 e. The summed E-state index contributed by atoms with van der Waals surface area (Å²) < 4.78 is 5.08. The van der Waals surface area contributed by atoms with Crippen LogP contribution in [0.4, 0.5) is 0 Å². The van der Waals surface area contributed by atoms with E-state index in [1.54, 1.807) is 11.7 Å². The number of hydrogen-bond donors (Lipinski definition) is 1. The highest BCUT2D eigenvalue weighted by Gasteiger charge is 2.24. The summed E-state index contributed by atoms with van der Waals surface area (Å²) in [6.45, 7) is 7.61. The zero-order valence-electron chi connectivity index (χ0n) is 16.5. The van der Waals surface area contributed by atoms with E-state index in [9.17, 15) is 9.59 Å². The molecule has 10 heteroatoms. The molecule has 0 aliphatic carbocycles. The Hall–Kier alpha value is -1.94. The third-order valence-electron chi connectivity index (χ3n) is 4.03. The molecule has 2 rings (SSSR count). The van der Waals surface area contributed by atoms with Gasteiger partial charge in [-0.1, -0.05) is 18.7 Å². The van der Waals surface area contributed by atoms with Crippen LogP contribution in [-0.2, 0) is 9.53 Å². The van der Waals surface area contributed by atoms with Gasteiger partial charge >= 0.3 is 5.97 Å². The Kier molecular flexibility index (Phi) is 9.42. The van der Waals surface area contributed by atoms with E-state index >= 15 is 0 Å². The normalized spacial score (nSPS) is 15.8. The van der Waals surface area contributed by atoms with Crippen molar-refractivity contribution in [3.05, 3.63) is 16.1 Å². The van der Waals surface area contributed by atoms with Crippen LogP contribution in [0.25, 0.3) is 0 Å². The first kappa shape index (κ1) is 22.4. The van der Waals surface area contributed by atoms with Crippen LogP contribution in [0.1, 0.15) is 48.6 Å². The van der Waals surface area contributed by atoms with Gasteiger partial charge in [0.2, 0.25) is 0 Å². The second-order valence-corrected chi connectivity index (χ2v) is 8.40. The Morgan fingerprint density at radius 3 is 2.79 bits per heavy atom. The Balaban J connectivity index is 1.89. The summed E-state index contributed by atoms with van der Waals surface area (Å²) in [5, 5.41) is 14.1. The van der Waals surface area contributed by atoms with E-state index in [-0.39, 0.29) is 17.8 Å². The summed E-state index contributed by atoms with van der Waals surface area (Å²) in [6, 6.07) is 0. The highest BCUT2D eigenvalue weighted by Crippen LogP contribution is 2.17. The van der Waals surface area contributed by atoms with Gasteiger partial charge in [0.15, 0.2) is 5.17 Å². The van der Waals surface area contributed by atoms with Crippen LogP contribution in [0.3, 0.4) is 0 Å². The van der Waals surface area contributed by atoms with Crippen molar-refractivity contribution < 1.29 is 14.3 Å². The fraction of sp³-hybridized carbons (Fsp3) is 0.611. The van der Waals surface area contributed by atoms with Crippen molar-refractivity contribution in [1.29, 1.82) is 0 Å². The first-order chi connectivity index (χ1) is 13.5. The minimum Gasteiger partial charge on any atom is -0.466 e. The SMILES string of the molecule is CCCS/C(=N\N=C\N1CCC(C(=O)OCC)CC1)NC(=O)c1csc(C)n1. The summed E-state index contributed by atoms with van der Waals surface area (Å²) in [5.41, 5.74) is 0.386. The predicted octanol–water partition coefficient (Wildman–Crippen LogP) is 2.90. The number of esters is 1. The quantitative estimate of drug-likeness (QED) is 0.312. The molecule has 2 heterocycles. The molecule has 1 aromatic rings. The van der Waals surface area contributed by atoms with Crippen LogP contribution in [-0.4, -0.2) is 58.7 Å². The van der Waals surface area contributed by atoms with Crippen molar-refractivity contribution in [2.24, 2.45) is 16.1 Å². The molecule has 28 heavy (non-hydrogen) atoms. The molecule has 0 atom stereocenters. The van der Waals surface area contributed by atoms with Crippen LogP contribution < -0.4 is 5.32 Å². The topological polar surface area (TPSA) is 96.3 Å². The number of rotatable bonds is 7. The van der Waals surface area contributed by atoms with Gasteiger partial charge in [0.25, 0.3) is 5.91 Å². The molecule has 8 nitrogen and oxygen atoms in total. The van der Waals surface area contributed by atoms with E-state index in [4.69, 9.17) is 4.74 Å². The smallest absolute Gasteiger partial charge is 0.309 e. The van der Waals surface area contributed by atoms with Gasteiger partial charge in [0.05, 0.1) is 17.5 Å². The monoisotopic (exact) mass is 425 g/mol. The molecule has 0 aromatic carbocycles. The first-order valence-electron chi connectivity index (χ1n) is 9.41. The van der Waals surface area contributed by atoms with Crippen molar-refractivity contribution >= 4 is 46.5 Å². The minimum absolute atomic E-state index is 0.0374. The lowest BCUT2D eigenvalue weighted by molar-refractivity contribution is -0.149. The number of aromatic nitrogens is 1. The summed E-state index contributed by atoms with van der Waals surface area (Å²) in [4.78, 5) is 30.3. The lowest BCUT2D eigenvalue weighted by atomic mass is 9.97. The van der Waals surface area contributed by atoms with E-state index < -0.39 is 0 Å². The molecule has 0 saturated carbocycles. The van der Waals surface area contributed by atoms with E-state index in [1.807, 2.05) is 18.7 Å². The van der Waals surface area contributed by atoms with E-state index in [1.165, 1.54) is 23.1 Å². The molecule has 1 aliphatic heterocycles. The van der Waals surface area contributed by atoms with Crippen molar-refractivity contribution in [1.82, 2.24) is 15.2 Å². The first-order valence-corrected chi connectivity index (χ1v) is 11.3. The molecule has 0 spiro atoms. The number of aryl methyl sites for hydroxylation is 1. The molecule has 1 amide bonds. The minimum atomic E-state index is -0.280. The zero-order chi connectivity index (χ0) is 20.4. The third kappa shape index (κ3) is 7.23. The average Bonchev–Trinajstić information content (AvgIpc) is 3.13. The van der Waals surface area contributed by atoms with Gasteiger partial charge < -0.3 is 9.64 Å². The molecular formula is C18H27N5O3S2. The summed E-state index contributed by atoms with van der Waals surface area (Å²) in [5.74, 6) is 0.396. The number of amidine groups is 1. The fourth-order valence-electron chi connectivity index (χ4n) is 2.58. The van der Waals surface area contributed by atoms with Crippen molar-refractivity contribution in [2.45, 2.75) is 40.0 Å². The molecule has 1 aromatic heterocycles. The van der Waals surface area contributed by atoms with Crippen LogP contribution in [0.2, 0.25) is 0 Å². The molecule has 0 unspecified atom stereocenters. The van der Waals surface area contributed by atoms with Crippen molar-refractivity contribution in [2.75, 3.05) is 25.4 Å². The number of amides is 1. The maximum absolute atomic E-state index is 12.3. The van der Waals surface area contributed by atoms with Crippen molar-refractivity contribution in [3.8, 4) is 0 Å². The predicted molar refractivity (Wildman–Crippen MR) is 114 cm³/mol. The van der Waals surface area contributed by atoms with Crippen LogP contribution >= 0.6 is 23.1 Å². The number of likely N-dealkylation sites (tertiary alicyclic amines) is 1. The molecule has 0 radical (unpaired) electrons. The third-order valence-corrected chi connectivity index (χ3v) is 5.87. The number of piperidine rings is 1. The van der Waals surface area contributed by atoms with Crippen LogP contribution in [0.5, 0.6) is 0 Å². The molecule has 1 aliphatic rings. The number of nitrogens with one attached hydrogen (secondary N) is 1. The molecule has 1 N–H and O–H groups in total. The molecular weight excluding hydrogens is 398 g/mol. The average molecular weight is 426 g/mol. The molecule has 1 fully saturated rings.